The van der Waals surface area contributed by atoms with E-state index in [-0.39, 0.29) is 0 Å². The Bertz CT molecular complexity index is 1070. The Morgan fingerprint density at radius 3 is 2.62 bits per heavy atom. The number of nitrogens with zero attached hydrogens (tertiary/aromatic N) is 2. The Hall–Kier alpha value is -2.46. The molecule has 0 saturated carbocycles. The van der Waals surface area contributed by atoms with Gasteiger partial charge in [0, 0.05) is 24.2 Å². The Kier molecular flexibility index (Phi) is 4.37. The first-order valence-electron chi connectivity index (χ1n) is 8.84. The summed E-state index contributed by atoms with van der Waals surface area (Å²) in [6.07, 6.45) is 6.64. The molecule has 0 aliphatic carbocycles. The zero-order valence-corrected chi connectivity index (χ0v) is 16.4. The van der Waals surface area contributed by atoms with Crippen LogP contribution in [0, 0.1) is 6.92 Å². The number of fused-ring (bicyclic) bond motifs is 3. The molecule has 3 aromatic rings. The lowest BCUT2D eigenvalue weighted by Crippen LogP contribution is -2.34. The highest BCUT2D eigenvalue weighted by Gasteiger charge is 2.20. The molecule has 0 fully saturated rings. The van der Waals surface area contributed by atoms with Crippen LogP contribution in [0.25, 0.3) is 27.8 Å². The van der Waals surface area contributed by atoms with E-state index in [1.165, 1.54) is 32.4 Å². The number of aromatic nitrogens is 1. The number of aryl methyl sites for hydroxylation is 2. The van der Waals surface area contributed by atoms with Gasteiger partial charge in [-0.1, -0.05) is 30.0 Å². The zero-order chi connectivity index (χ0) is 18.3. The second-order valence-electron chi connectivity index (χ2n) is 6.51. The van der Waals surface area contributed by atoms with Crippen LogP contribution < -0.4 is 9.30 Å². The van der Waals surface area contributed by atoms with E-state index < -0.39 is 0 Å². The lowest BCUT2D eigenvalue weighted by molar-refractivity contribution is -0.667. The average molecular weight is 364 g/mol. The molecule has 0 N–H and O–H groups in total. The molecule has 0 bridgehead atoms. The lowest BCUT2D eigenvalue weighted by Gasteiger charge is -2.14. The third kappa shape index (κ3) is 2.65. The Morgan fingerprint density at radius 1 is 1.19 bits per heavy atom. The molecule has 0 radical (unpaired) electrons. The molecular formula is C22H23N2OS+. The van der Waals surface area contributed by atoms with Gasteiger partial charge in [-0.15, -0.1) is 0 Å². The number of ether oxygens (including phenoxy) is 1. The first kappa shape index (κ1) is 17.0. The Balaban J connectivity index is 2.07. The molecule has 2 heterocycles. The van der Waals surface area contributed by atoms with Gasteiger partial charge >= 0.3 is 0 Å². The van der Waals surface area contributed by atoms with Crippen LogP contribution >= 0.6 is 11.8 Å². The molecule has 0 amide bonds. The summed E-state index contributed by atoms with van der Waals surface area (Å²) in [7, 11) is 3.83. The maximum atomic E-state index is 5.71. The van der Waals surface area contributed by atoms with Gasteiger partial charge in [0.25, 0.3) is 0 Å². The van der Waals surface area contributed by atoms with Crippen molar-refractivity contribution in [3.8, 4) is 5.75 Å². The molecule has 0 saturated heterocycles. The van der Waals surface area contributed by atoms with Crippen LogP contribution in [0.2, 0.25) is 0 Å². The Labute approximate surface area is 158 Å². The van der Waals surface area contributed by atoms with Gasteiger partial charge in [0.15, 0.2) is 6.20 Å². The summed E-state index contributed by atoms with van der Waals surface area (Å²) in [6.45, 7) is 5.32. The largest absolute Gasteiger partial charge is 0.496 e. The molecule has 0 atom stereocenters. The fraction of sp³-hybridized carbons (Fsp3) is 0.227. The number of pyridine rings is 1. The maximum Gasteiger partial charge on any atom is 0.220 e. The predicted molar refractivity (Wildman–Crippen MR) is 111 cm³/mol. The minimum absolute atomic E-state index is 0.921. The molecule has 4 heteroatoms. The van der Waals surface area contributed by atoms with Crippen LogP contribution in [0.4, 0.5) is 0 Å². The second-order valence-corrected chi connectivity index (χ2v) is 7.44. The quantitative estimate of drug-likeness (QED) is 0.478. The summed E-state index contributed by atoms with van der Waals surface area (Å²) in [5.41, 5.74) is 3.80. The van der Waals surface area contributed by atoms with Crippen LogP contribution in [0.3, 0.4) is 0 Å². The molecule has 1 aliphatic rings. The number of thioether (sulfide) groups is 1. The molecule has 0 spiro atoms. The number of benzene rings is 2. The summed E-state index contributed by atoms with van der Waals surface area (Å²) < 4.78 is 8.06. The minimum Gasteiger partial charge on any atom is -0.496 e. The van der Waals surface area contributed by atoms with Gasteiger partial charge in [-0.2, -0.15) is 4.57 Å². The fourth-order valence-electron chi connectivity index (χ4n) is 3.59. The first-order valence-corrected chi connectivity index (χ1v) is 9.72. The highest BCUT2D eigenvalue weighted by atomic mass is 32.2. The molecule has 2 aromatic carbocycles. The molecule has 4 rings (SSSR count). The molecular weight excluding hydrogens is 340 g/mol. The van der Waals surface area contributed by atoms with Gasteiger partial charge in [0.2, 0.25) is 5.52 Å². The summed E-state index contributed by atoms with van der Waals surface area (Å²) in [6, 6.07) is 10.7. The summed E-state index contributed by atoms with van der Waals surface area (Å²) >= 11 is 1.76. The molecule has 1 aromatic heterocycles. The standard InChI is InChI=1S/C22H23N2OS/c1-5-24-14-16(12-21-23(3)10-11-26-21)15(2)19-13-20(25-4)17-8-6-7-9-18(17)22(19)24/h6-14H,5H2,1-4H3/q+1. The van der Waals surface area contributed by atoms with Crippen molar-refractivity contribution < 1.29 is 9.30 Å². The fourth-order valence-corrected chi connectivity index (χ4v) is 4.39. The maximum absolute atomic E-state index is 5.71. The smallest absolute Gasteiger partial charge is 0.220 e. The van der Waals surface area contributed by atoms with Crippen LogP contribution in [-0.2, 0) is 6.54 Å². The molecule has 1 aliphatic heterocycles. The summed E-state index contributed by atoms with van der Waals surface area (Å²) in [5.74, 6) is 0.928. The Morgan fingerprint density at radius 2 is 1.96 bits per heavy atom. The van der Waals surface area contributed by atoms with E-state index in [1.54, 1.807) is 18.9 Å². The minimum atomic E-state index is 0.921. The van der Waals surface area contributed by atoms with Gasteiger partial charge < -0.3 is 9.64 Å². The normalized spacial score (nSPS) is 15.5. The van der Waals surface area contributed by atoms with E-state index >= 15 is 0 Å². The van der Waals surface area contributed by atoms with Crippen molar-refractivity contribution in [1.29, 1.82) is 0 Å². The second kappa shape index (κ2) is 6.69. The summed E-state index contributed by atoms with van der Waals surface area (Å²) in [4.78, 5) is 2.16. The number of hydrogen-bond acceptors (Lipinski definition) is 3. The highest BCUT2D eigenvalue weighted by Crippen LogP contribution is 2.35. The van der Waals surface area contributed by atoms with Crippen molar-refractivity contribution in [3.63, 3.8) is 0 Å². The number of rotatable bonds is 3. The van der Waals surface area contributed by atoms with E-state index in [1.807, 2.05) is 0 Å². The summed E-state index contributed by atoms with van der Waals surface area (Å²) in [5, 5.41) is 7.00. The van der Waals surface area contributed by atoms with Crippen LogP contribution in [0.1, 0.15) is 18.1 Å². The van der Waals surface area contributed by atoms with Crippen molar-refractivity contribution in [2.24, 2.45) is 0 Å². The lowest BCUT2D eigenvalue weighted by atomic mass is 9.99. The van der Waals surface area contributed by atoms with E-state index in [2.05, 4.69) is 84.6 Å². The topological polar surface area (TPSA) is 16.4 Å². The van der Waals surface area contributed by atoms with E-state index in [0.29, 0.717) is 0 Å². The van der Waals surface area contributed by atoms with Gasteiger partial charge in [-0.05, 0) is 43.0 Å². The van der Waals surface area contributed by atoms with E-state index in [0.717, 1.165) is 17.7 Å². The van der Waals surface area contributed by atoms with Gasteiger partial charge in [0.05, 0.1) is 22.9 Å². The average Bonchev–Trinajstić information content (AvgIpc) is 3.07. The van der Waals surface area contributed by atoms with Crippen LogP contribution in [0.5, 0.6) is 5.75 Å². The van der Waals surface area contributed by atoms with Gasteiger partial charge in [-0.25, -0.2) is 0 Å². The monoisotopic (exact) mass is 363 g/mol. The van der Waals surface area contributed by atoms with Gasteiger partial charge in [-0.3, -0.25) is 0 Å². The van der Waals surface area contributed by atoms with Crippen molar-refractivity contribution in [1.82, 2.24) is 4.90 Å². The third-order valence-electron chi connectivity index (χ3n) is 5.06. The third-order valence-corrected chi connectivity index (χ3v) is 5.96. The molecule has 132 valence electrons. The van der Waals surface area contributed by atoms with Crippen LogP contribution in [-0.4, -0.2) is 19.1 Å². The van der Waals surface area contributed by atoms with E-state index in [9.17, 15) is 0 Å². The van der Waals surface area contributed by atoms with E-state index in [4.69, 9.17) is 4.74 Å². The van der Waals surface area contributed by atoms with Crippen molar-refractivity contribution >= 4 is 39.5 Å². The first-order chi connectivity index (χ1) is 12.6. The van der Waals surface area contributed by atoms with Crippen molar-refractivity contribution in [2.75, 3.05) is 14.2 Å². The van der Waals surface area contributed by atoms with Crippen molar-refractivity contribution in [2.45, 2.75) is 20.4 Å². The van der Waals surface area contributed by atoms with Crippen molar-refractivity contribution in [3.05, 3.63) is 64.3 Å². The number of hydrogen-bond donors (Lipinski definition) is 0. The SMILES string of the molecule is CC[n+]1cc(C=C2SC=CN2C)c(C)c2cc(OC)c3ccccc3c21. The van der Waals surface area contributed by atoms with Crippen LogP contribution in [0.15, 0.2) is 53.2 Å². The highest BCUT2D eigenvalue weighted by molar-refractivity contribution is 8.06. The predicted octanol–water partition coefficient (Wildman–Crippen LogP) is 5.07. The zero-order valence-electron chi connectivity index (χ0n) is 15.6. The molecule has 3 nitrogen and oxygen atoms in total. The molecule has 26 heavy (non-hydrogen) atoms. The number of methoxy groups -OCH3 is 1. The van der Waals surface area contributed by atoms with Gasteiger partial charge in [0.1, 0.15) is 12.3 Å². The molecule has 0 unspecified atom stereocenters.